The SMILES string of the molecule is CC(C)NC(=O)CCN1CCN(c2ccc(N)nc2)CC1. The van der Waals surface area contributed by atoms with Gasteiger partial charge in [0.05, 0.1) is 11.9 Å². The van der Waals surface area contributed by atoms with Crippen molar-refractivity contribution in [3.05, 3.63) is 18.3 Å². The Balaban J connectivity index is 1.73. The zero-order valence-corrected chi connectivity index (χ0v) is 12.9. The lowest BCUT2D eigenvalue weighted by Gasteiger charge is -2.35. The molecular formula is C15H25N5O. The molecule has 0 aliphatic carbocycles. The van der Waals surface area contributed by atoms with Gasteiger partial charge in [-0.1, -0.05) is 0 Å². The summed E-state index contributed by atoms with van der Waals surface area (Å²) in [5.41, 5.74) is 6.72. The second kappa shape index (κ2) is 7.26. The second-order valence-corrected chi connectivity index (χ2v) is 5.74. The molecule has 1 aromatic heterocycles. The Bertz CT molecular complexity index is 452. The number of piperazine rings is 1. The molecule has 6 heteroatoms. The van der Waals surface area contributed by atoms with Gasteiger partial charge < -0.3 is 16.0 Å². The number of nitrogen functional groups attached to an aromatic ring is 1. The molecule has 0 atom stereocenters. The minimum Gasteiger partial charge on any atom is -0.384 e. The first-order chi connectivity index (χ1) is 10.0. The van der Waals surface area contributed by atoms with E-state index in [0.717, 1.165) is 38.4 Å². The van der Waals surface area contributed by atoms with Crippen LogP contribution >= 0.6 is 0 Å². The standard InChI is InChI=1S/C15H25N5O/c1-12(2)18-15(21)5-6-19-7-9-20(10-8-19)13-3-4-14(16)17-11-13/h3-4,11-12H,5-10H2,1-2H3,(H2,16,17)(H,18,21). The zero-order chi connectivity index (χ0) is 15.2. The van der Waals surface area contributed by atoms with Crippen molar-refractivity contribution in [3.8, 4) is 0 Å². The maximum Gasteiger partial charge on any atom is 0.221 e. The van der Waals surface area contributed by atoms with Crippen LogP contribution in [0.5, 0.6) is 0 Å². The van der Waals surface area contributed by atoms with E-state index in [1.807, 2.05) is 32.2 Å². The van der Waals surface area contributed by atoms with E-state index < -0.39 is 0 Å². The summed E-state index contributed by atoms with van der Waals surface area (Å²) in [5.74, 6) is 0.684. The maximum absolute atomic E-state index is 11.6. The molecule has 1 amide bonds. The Labute approximate surface area is 126 Å². The van der Waals surface area contributed by atoms with Crippen LogP contribution in [-0.4, -0.2) is 54.6 Å². The van der Waals surface area contributed by atoms with Gasteiger partial charge in [0.25, 0.3) is 0 Å². The van der Waals surface area contributed by atoms with Crippen molar-refractivity contribution < 1.29 is 4.79 Å². The zero-order valence-electron chi connectivity index (χ0n) is 12.9. The molecule has 1 aromatic rings. The van der Waals surface area contributed by atoms with E-state index in [-0.39, 0.29) is 11.9 Å². The Morgan fingerprint density at radius 1 is 1.33 bits per heavy atom. The summed E-state index contributed by atoms with van der Waals surface area (Å²) in [6.45, 7) is 8.65. The van der Waals surface area contributed by atoms with Crippen molar-refractivity contribution >= 4 is 17.4 Å². The summed E-state index contributed by atoms with van der Waals surface area (Å²) >= 11 is 0. The highest BCUT2D eigenvalue weighted by molar-refractivity contribution is 5.76. The van der Waals surface area contributed by atoms with Gasteiger partial charge in [-0.2, -0.15) is 0 Å². The first kappa shape index (κ1) is 15.6. The number of pyridine rings is 1. The van der Waals surface area contributed by atoms with Crippen molar-refractivity contribution in [2.75, 3.05) is 43.4 Å². The van der Waals surface area contributed by atoms with E-state index in [9.17, 15) is 4.79 Å². The van der Waals surface area contributed by atoms with Crippen LogP contribution in [-0.2, 0) is 4.79 Å². The van der Waals surface area contributed by atoms with Crippen LogP contribution in [0.2, 0.25) is 0 Å². The number of nitrogens with one attached hydrogen (secondary N) is 1. The minimum absolute atomic E-state index is 0.134. The largest absolute Gasteiger partial charge is 0.384 e. The number of nitrogens with zero attached hydrogens (tertiary/aromatic N) is 3. The molecule has 0 unspecified atom stereocenters. The van der Waals surface area contributed by atoms with Crippen molar-refractivity contribution in [3.63, 3.8) is 0 Å². The van der Waals surface area contributed by atoms with Gasteiger partial charge in [-0.25, -0.2) is 4.98 Å². The normalized spacial score (nSPS) is 16.2. The van der Waals surface area contributed by atoms with E-state index in [0.29, 0.717) is 12.2 Å². The number of carbonyl (C=O) groups excluding carboxylic acids is 1. The molecule has 0 spiro atoms. The molecule has 0 saturated carbocycles. The third-order valence-electron chi connectivity index (χ3n) is 3.61. The highest BCUT2D eigenvalue weighted by Gasteiger charge is 2.18. The number of rotatable bonds is 5. The smallest absolute Gasteiger partial charge is 0.221 e. The quantitative estimate of drug-likeness (QED) is 0.835. The molecule has 2 heterocycles. The lowest BCUT2D eigenvalue weighted by Crippen LogP contribution is -2.47. The van der Waals surface area contributed by atoms with Crippen molar-refractivity contribution in [2.24, 2.45) is 0 Å². The highest BCUT2D eigenvalue weighted by Crippen LogP contribution is 2.16. The van der Waals surface area contributed by atoms with Gasteiger partial charge in [0, 0.05) is 45.2 Å². The van der Waals surface area contributed by atoms with Gasteiger partial charge in [0.15, 0.2) is 0 Å². The Morgan fingerprint density at radius 2 is 2.05 bits per heavy atom. The Hall–Kier alpha value is -1.82. The number of carbonyl (C=O) groups is 1. The molecule has 6 nitrogen and oxygen atoms in total. The fraction of sp³-hybridized carbons (Fsp3) is 0.600. The van der Waals surface area contributed by atoms with Gasteiger partial charge in [-0.05, 0) is 26.0 Å². The van der Waals surface area contributed by atoms with Crippen LogP contribution in [0.1, 0.15) is 20.3 Å². The van der Waals surface area contributed by atoms with Crippen molar-refractivity contribution in [1.82, 2.24) is 15.2 Å². The minimum atomic E-state index is 0.134. The summed E-state index contributed by atoms with van der Waals surface area (Å²) < 4.78 is 0. The molecule has 1 saturated heterocycles. The maximum atomic E-state index is 11.6. The van der Waals surface area contributed by atoms with Crippen molar-refractivity contribution in [2.45, 2.75) is 26.3 Å². The molecule has 0 radical (unpaired) electrons. The van der Waals surface area contributed by atoms with Crippen LogP contribution in [0, 0.1) is 0 Å². The number of aromatic nitrogens is 1. The van der Waals surface area contributed by atoms with E-state index >= 15 is 0 Å². The Kier molecular flexibility index (Phi) is 5.38. The summed E-state index contributed by atoms with van der Waals surface area (Å²) in [7, 11) is 0. The van der Waals surface area contributed by atoms with E-state index in [2.05, 4.69) is 20.1 Å². The van der Waals surface area contributed by atoms with Gasteiger partial charge in [0.2, 0.25) is 5.91 Å². The summed E-state index contributed by atoms with van der Waals surface area (Å²) in [6, 6.07) is 4.05. The predicted octanol–water partition coefficient (Wildman–Crippen LogP) is 0.701. The molecular weight excluding hydrogens is 266 g/mol. The molecule has 21 heavy (non-hydrogen) atoms. The van der Waals surface area contributed by atoms with Crippen LogP contribution < -0.4 is 16.0 Å². The molecule has 0 bridgehead atoms. The summed E-state index contributed by atoms with van der Waals surface area (Å²) in [4.78, 5) is 20.4. The molecule has 1 aliphatic rings. The van der Waals surface area contributed by atoms with Gasteiger partial charge in [0.1, 0.15) is 5.82 Å². The molecule has 3 N–H and O–H groups in total. The summed E-state index contributed by atoms with van der Waals surface area (Å²) in [5, 5.41) is 2.93. The number of hydrogen-bond donors (Lipinski definition) is 2. The monoisotopic (exact) mass is 291 g/mol. The topological polar surface area (TPSA) is 74.5 Å². The predicted molar refractivity (Wildman–Crippen MR) is 85.2 cm³/mol. The van der Waals surface area contributed by atoms with Crippen LogP contribution in [0.25, 0.3) is 0 Å². The van der Waals surface area contributed by atoms with E-state index in [1.54, 1.807) is 0 Å². The fourth-order valence-corrected chi connectivity index (χ4v) is 2.47. The molecule has 116 valence electrons. The first-order valence-corrected chi connectivity index (χ1v) is 7.53. The van der Waals surface area contributed by atoms with E-state index in [1.165, 1.54) is 0 Å². The van der Waals surface area contributed by atoms with Gasteiger partial charge in [-0.15, -0.1) is 0 Å². The number of hydrogen-bond acceptors (Lipinski definition) is 5. The molecule has 1 aliphatic heterocycles. The van der Waals surface area contributed by atoms with E-state index in [4.69, 9.17) is 5.73 Å². The van der Waals surface area contributed by atoms with Gasteiger partial charge >= 0.3 is 0 Å². The lowest BCUT2D eigenvalue weighted by molar-refractivity contribution is -0.121. The molecule has 0 aromatic carbocycles. The van der Waals surface area contributed by atoms with Crippen LogP contribution in [0.15, 0.2) is 18.3 Å². The third kappa shape index (κ3) is 4.90. The average Bonchev–Trinajstić information content (AvgIpc) is 2.46. The lowest BCUT2D eigenvalue weighted by atomic mass is 10.2. The number of nitrogens with two attached hydrogens (primary N) is 1. The third-order valence-corrected chi connectivity index (χ3v) is 3.61. The van der Waals surface area contributed by atoms with Crippen molar-refractivity contribution in [1.29, 1.82) is 0 Å². The highest BCUT2D eigenvalue weighted by atomic mass is 16.1. The van der Waals surface area contributed by atoms with Gasteiger partial charge in [-0.3, -0.25) is 9.69 Å². The second-order valence-electron chi connectivity index (χ2n) is 5.74. The summed E-state index contributed by atoms with van der Waals surface area (Å²) in [6.07, 6.45) is 2.39. The Morgan fingerprint density at radius 3 is 2.62 bits per heavy atom. The average molecular weight is 291 g/mol. The molecule has 1 fully saturated rings. The fourth-order valence-electron chi connectivity index (χ4n) is 2.47. The number of anilines is 2. The first-order valence-electron chi connectivity index (χ1n) is 7.53. The van der Waals surface area contributed by atoms with Crippen LogP contribution in [0.3, 0.4) is 0 Å². The van der Waals surface area contributed by atoms with Crippen LogP contribution in [0.4, 0.5) is 11.5 Å². The number of amides is 1. The molecule has 2 rings (SSSR count).